The summed E-state index contributed by atoms with van der Waals surface area (Å²) in [5.74, 6) is 0.986. The maximum Gasteiger partial charge on any atom is 0.272 e. The number of hydrogen-bond acceptors (Lipinski definition) is 5. The molecule has 2 aromatic rings. The normalized spacial score (nSPS) is 10.2. The SMILES string of the molecule is CCCN(CCC)C(=O)c1cc(Nc2cccc(C#N)c2)nc(C)n1. The highest BCUT2D eigenvalue weighted by Crippen LogP contribution is 2.17. The topological polar surface area (TPSA) is 81.9 Å². The zero-order valence-electron chi connectivity index (χ0n) is 14.9. The van der Waals surface area contributed by atoms with Gasteiger partial charge in [0, 0.05) is 24.8 Å². The van der Waals surface area contributed by atoms with Crippen LogP contribution in [0.4, 0.5) is 11.5 Å². The monoisotopic (exact) mass is 337 g/mol. The minimum Gasteiger partial charge on any atom is -0.340 e. The summed E-state index contributed by atoms with van der Waals surface area (Å²) in [6, 6.07) is 10.9. The molecule has 130 valence electrons. The van der Waals surface area contributed by atoms with E-state index in [-0.39, 0.29) is 5.91 Å². The van der Waals surface area contributed by atoms with Crippen LogP contribution in [0, 0.1) is 18.3 Å². The first kappa shape index (κ1) is 18.4. The average Bonchev–Trinajstić information content (AvgIpc) is 2.60. The lowest BCUT2D eigenvalue weighted by Gasteiger charge is -2.21. The molecule has 0 saturated carbocycles. The van der Waals surface area contributed by atoms with Crippen LogP contribution >= 0.6 is 0 Å². The minimum atomic E-state index is -0.0805. The van der Waals surface area contributed by atoms with Crippen LogP contribution in [0.3, 0.4) is 0 Å². The molecule has 0 atom stereocenters. The summed E-state index contributed by atoms with van der Waals surface area (Å²) in [7, 11) is 0. The van der Waals surface area contributed by atoms with Gasteiger partial charge in [0.2, 0.25) is 0 Å². The van der Waals surface area contributed by atoms with E-state index >= 15 is 0 Å². The van der Waals surface area contributed by atoms with Crippen molar-refractivity contribution in [3.63, 3.8) is 0 Å². The van der Waals surface area contributed by atoms with Crippen molar-refractivity contribution >= 4 is 17.4 Å². The maximum absolute atomic E-state index is 12.7. The molecule has 0 aliphatic heterocycles. The standard InChI is InChI=1S/C19H23N5O/c1-4-9-24(10-5-2)19(25)17-12-18(22-14(3)21-17)23-16-8-6-7-15(11-16)13-20/h6-8,11-12H,4-5,9-10H2,1-3H3,(H,21,22,23). The number of carbonyl (C=O) groups excluding carboxylic acids is 1. The number of amides is 1. The van der Waals surface area contributed by atoms with E-state index in [4.69, 9.17) is 5.26 Å². The number of rotatable bonds is 7. The van der Waals surface area contributed by atoms with E-state index in [1.807, 2.05) is 11.0 Å². The number of aryl methyl sites for hydroxylation is 1. The molecule has 0 bridgehead atoms. The number of hydrogen-bond donors (Lipinski definition) is 1. The van der Waals surface area contributed by atoms with Crippen molar-refractivity contribution in [2.45, 2.75) is 33.6 Å². The zero-order chi connectivity index (χ0) is 18.2. The van der Waals surface area contributed by atoms with E-state index in [0.29, 0.717) is 36.0 Å². The molecule has 6 nitrogen and oxygen atoms in total. The molecule has 0 unspecified atom stereocenters. The summed E-state index contributed by atoms with van der Waals surface area (Å²) in [6.07, 6.45) is 1.81. The fourth-order valence-corrected chi connectivity index (χ4v) is 2.57. The second-order valence-corrected chi connectivity index (χ2v) is 5.80. The summed E-state index contributed by atoms with van der Waals surface area (Å²) >= 11 is 0. The zero-order valence-corrected chi connectivity index (χ0v) is 14.9. The van der Waals surface area contributed by atoms with Crippen LogP contribution in [0.5, 0.6) is 0 Å². The van der Waals surface area contributed by atoms with Crippen molar-refractivity contribution in [1.82, 2.24) is 14.9 Å². The molecule has 0 fully saturated rings. The molecule has 2 rings (SSSR count). The molecule has 1 N–H and O–H groups in total. The number of nitrogens with one attached hydrogen (secondary N) is 1. The van der Waals surface area contributed by atoms with Crippen LogP contribution in [0.2, 0.25) is 0 Å². The summed E-state index contributed by atoms with van der Waals surface area (Å²) in [5, 5.41) is 12.1. The minimum absolute atomic E-state index is 0.0805. The lowest BCUT2D eigenvalue weighted by Crippen LogP contribution is -2.33. The molecule has 0 aliphatic carbocycles. The molecule has 1 aromatic heterocycles. The van der Waals surface area contributed by atoms with Gasteiger partial charge in [-0.1, -0.05) is 19.9 Å². The van der Waals surface area contributed by atoms with Crippen molar-refractivity contribution < 1.29 is 4.79 Å². The molecule has 0 radical (unpaired) electrons. The Hall–Kier alpha value is -2.94. The highest BCUT2D eigenvalue weighted by atomic mass is 16.2. The number of benzene rings is 1. The van der Waals surface area contributed by atoms with Gasteiger partial charge in [0.25, 0.3) is 5.91 Å². The largest absolute Gasteiger partial charge is 0.340 e. The first-order valence-corrected chi connectivity index (χ1v) is 8.49. The summed E-state index contributed by atoms with van der Waals surface area (Å²) in [6.45, 7) is 7.29. The van der Waals surface area contributed by atoms with E-state index in [1.165, 1.54) is 0 Å². The molecule has 25 heavy (non-hydrogen) atoms. The number of anilines is 2. The smallest absolute Gasteiger partial charge is 0.272 e. The third-order valence-electron chi connectivity index (χ3n) is 3.60. The van der Waals surface area contributed by atoms with Gasteiger partial charge < -0.3 is 10.2 Å². The van der Waals surface area contributed by atoms with Crippen LogP contribution in [0.1, 0.15) is 48.6 Å². The van der Waals surface area contributed by atoms with Crippen molar-refractivity contribution in [2.75, 3.05) is 18.4 Å². The molecular formula is C19H23N5O. The molecule has 0 spiro atoms. The fourth-order valence-electron chi connectivity index (χ4n) is 2.57. The van der Waals surface area contributed by atoms with E-state index < -0.39 is 0 Å². The summed E-state index contributed by atoms with van der Waals surface area (Å²) < 4.78 is 0. The van der Waals surface area contributed by atoms with Crippen molar-refractivity contribution in [2.24, 2.45) is 0 Å². The van der Waals surface area contributed by atoms with E-state index in [1.54, 1.807) is 31.2 Å². The molecule has 1 heterocycles. The highest BCUT2D eigenvalue weighted by Gasteiger charge is 2.17. The Balaban J connectivity index is 2.27. The fraction of sp³-hybridized carbons (Fsp3) is 0.368. The Morgan fingerprint density at radius 3 is 2.56 bits per heavy atom. The van der Waals surface area contributed by atoms with Crippen LogP contribution in [-0.4, -0.2) is 33.9 Å². The van der Waals surface area contributed by atoms with Gasteiger partial charge in [-0.25, -0.2) is 9.97 Å². The summed E-state index contributed by atoms with van der Waals surface area (Å²) in [4.78, 5) is 23.2. The number of nitrogens with zero attached hydrogens (tertiary/aromatic N) is 4. The molecule has 0 aliphatic rings. The van der Waals surface area contributed by atoms with Gasteiger partial charge in [-0.15, -0.1) is 0 Å². The average molecular weight is 337 g/mol. The second-order valence-electron chi connectivity index (χ2n) is 5.80. The van der Waals surface area contributed by atoms with E-state index in [9.17, 15) is 4.79 Å². The Labute approximate surface area is 148 Å². The molecule has 1 aromatic carbocycles. The van der Waals surface area contributed by atoms with Gasteiger partial charge in [-0.2, -0.15) is 5.26 Å². The van der Waals surface area contributed by atoms with Crippen molar-refractivity contribution in [3.8, 4) is 6.07 Å². The predicted octanol–water partition coefficient (Wildman–Crippen LogP) is 3.66. The lowest BCUT2D eigenvalue weighted by atomic mass is 10.2. The quantitative estimate of drug-likeness (QED) is 0.833. The number of nitriles is 1. The number of carbonyl (C=O) groups is 1. The van der Waals surface area contributed by atoms with Crippen LogP contribution in [0.15, 0.2) is 30.3 Å². The molecule has 6 heteroatoms. The van der Waals surface area contributed by atoms with Crippen molar-refractivity contribution in [3.05, 3.63) is 47.4 Å². The predicted molar refractivity (Wildman–Crippen MR) is 97.7 cm³/mol. The van der Waals surface area contributed by atoms with E-state index in [0.717, 1.165) is 18.5 Å². The van der Waals surface area contributed by atoms with Crippen LogP contribution in [-0.2, 0) is 0 Å². The third kappa shape index (κ3) is 5.01. The lowest BCUT2D eigenvalue weighted by molar-refractivity contribution is 0.0749. The molecule has 0 saturated heterocycles. The first-order chi connectivity index (χ1) is 12.1. The van der Waals surface area contributed by atoms with Gasteiger partial charge in [0.05, 0.1) is 11.6 Å². The molecular weight excluding hydrogens is 314 g/mol. The highest BCUT2D eigenvalue weighted by molar-refractivity contribution is 5.93. The van der Waals surface area contributed by atoms with Gasteiger partial charge in [-0.05, 0) is 38.0 Å². The Morgan fingerprint density at radius 2 is 1.92 bits per heavy atom. The van der Waals surface area contributed by atoms with Gasteiger partial charge in [0.1, 0.15) is 17.3 Å². The van der Waals surface area contributed by atoms with Gasteiger partial charge in [0.15, 0.2) is 0 Å². The van der Waals surface area contributed by atoms with Gasteiger partial charge in [-0.3, -0.25) is 4.79 Å². The Morgan fingerprint density at radius 1 is 1.20 bits per heavy atom. The second kappa shape index (κ2) is 8.78. The van der Waals surface area contributed by atoms with Crippen LogP contribution in [0.25, 0.3) is 0 Å². The Bertz CT molecular complexity index is 776. The van der Waals surface area contributed by atoms with Crippen LogP contribution < -0.4 is 5.32 Å². The van der Waals surface area contributed by atoms with E-state index in [2.05, 4.69) is 35.2 Å². The third-order valence-corrected chi connectivity index (χ3v) is 3.60. The first-order valence-electron chi connectivity index (χ1n) is 8.49. The van der Waals surface area contributed by atoms with Gasteiger partial charge >= 0.3 is 0 Å². The summed E-state index contributed by atoms with van der Waals surface area (Å²) in [5.41, 5.74) is 1.69. The molecule has 1 amide bonds. The van der Waals surface area contributed by atoms with Crippen molar-refractivity contribution in [1.29, 1.82) is 5.26 Å². The number of aromatic nitrogens is 2. The maximum atomic E-state index is 12.7. The Kier molecular flexibility index (Phi) is 6.47.